The van der Waals surface area contributed by atoms with Crippen molar-refractivity contribution in [2.24, 2.45) is 11.8 Å². The van der Waals surface area contributed by atoms with E-state index in [-0.39, 0.29) is 18.9 Å². The molecule has 5 nitrogen and oxygen atoms in total. The van der Waals surface area contributed by atoms with Crippen molar-refractivity contribution in [3.8, 4) is 0 Å². The molecule has 1 heterocycles. The van der Waals surface area contributed by atoms with Gasteiger partial charge in [-0.2, -0.15) is 0 Å². The standard InChI is InChI=1S/C14H23NO4/c1-2-10-3-5-14(19,6-4-10)9-15-8-11(13(17)18)7-12(15)16/h10-11,19H,2-9H2,1H3,(H,17,18). The summed E-state index contributed by atoms with van der Waals surface area (Å²) in [5.41, 5.74) is -0.811. The van der Waals surface area contributed by atoms with Gasteiger partial charge in [-0.25, -0.2) is 0 Å². The Morgan fingerprint density at radius 3 is 2.53 bits per heavy atom. The lowest BCUT2D eigenvalue weighted by molar-refractivity contribution is -0.141. The number of nitrogens with zero attached hydrogens (tertiary/aromatic N) is 1. The Bertz CT molecular complexity index is 360. The third kappa shape index (κ3) is 3.26. The molecular formula is C14H23NO4. The summed E-state index contributed by atoms with van der Waals surface area (Å²) in [7, 11) is 0. The second-order valence-electron chi connectivity index (χ2n) is 6.09. The molecule has 2 fully saturated rings. The number of amides is 1. The van der Waals surface area contributed by atoms with Crippen LogP contribution in [0, 0.1) is 11.8 Å². The van der Waals surface area contributed by atoms with Gasteiger partial charge in [0.1, 0.15) is 0 Å². The number of carbonyl (C=O) groups is 2. The van der Waals surface area contributed by atoms with Crippen LogP contribution in [-0.2, 0) is 9.59 Å². The Morgan fingerprint density at radius 2 is 2.05 bits per heavy atom. The van der Waals surface area contributed by atoms with Crippen molar-refractivity contribution in [3.05, 3.63) is 0 Å². The van der Waals surface area contributed by atoms with Crippen LogP contribution in [0.2, 0.25) is 0 Å². The number of carboxylic acid groups (broad SMARTS) is 1. The predicted molar refractivity (Wildman–Crippen MR) is 69.5 cm³/mol. The van der Waals surface area contributed by atoms with Crippen molar-refractivity contribution in [1.29, 1.82) is 0 Å². The summed E-state index contributed by atoms with van der Waals surface area (Å²) >= 11 is 0. The van der Waals surface area contributed by atoms with E-state index in [4.69, 9.17) is 5.11 Å². The SMILES string of the molecule is CCC1CCC(O)(CN2CC(C(=O)O)CC2=O)CC1. The van der Waals surface area contributed by atoms with Crippen molar-refractivity contribution in [1.82, 2.24) is 4.90 Å². The van der Waals surface area contributed by atoms with Crippen LogP contribution in [0.4, 0.5) is 0 Å². The monoisotopic (exact) mass is 269 g/mol. The highest BCUT2D eigenvalue weighted by atomic mass is 16.4. The van der Waals surface area contributed by atoms with Crippen LogP contribution < -0.4 is 0 Å². The second-order valence-corrected chi connectivity index (χ2v) is 6.09. The number of aliphatic carboxylic acids is 1. The summed E-state index contributed by atoms with van der Waals surface area (Å²) in [5, 5.41) is 19.5. The topological polar surface area (TPSA) is 77.8 Å². The summed E-state index contributed by atoms with van der Waals surface area (Å²) in [6, 6.07) is 0. The van der Waals surface area contributed by atoms with E-state index in [2.05, 4.69) is 6.92 Å². The summed E-state index contributed by atoms with van der Waals surface area (Å²) in [5.74, 6) is -0.986. The fraction of sp³-hybridized carbons (Fsp3) is 0.857. The van der Waals surface area contributed by atoms with Crippen molar-refractivity contribution in [2.45, 2.75) is 51.0 Å². The maximum atomic E-state index is 11.8. The van der Waals surface area contributed by atoms with Crippen molar-refractivity contribution >= 4 is 11.9 Å². The zero-order valence-corrected chi connectivity index (χ0v) is 11.5. The molecule has 0 bridgehead atoms. The first-order valence-corrected chi connectivity index (χ1v) is 7.16. The fourth-order valence-corrected chi connectivity index (χ4v) is 3.23. The number of carboxylic acids is 1. The molecule has 2 aliphatic rings. The number of hydrogen-bond acceptors (Lipinski definition) is 3. The van der Waals surface area contributed by atoms with Gasteiger partial charge in [-0.1, -0.05) is 13.3 Å². The smallest absolute Gasteiger partial charge is 0.308 e. The quantitative estimate of drug-likeness (QED) is 0.805. The Balaban J connectivity index is 1.91. The van der Waals surface area contributed by atoms with E-state index < -0.39 is 17.5 Å². The number of likely N-dealkylation sites (tertiary alicyclic amines) is 1. The number of carbonyl (C=O) groups excluding carboxylic acids is 1. The average molecular weight is 269 g/mol. The lowest BCUT2D eigenvalue weighted by atomic mass is 9.77. The van der Waals surface area contributed by atoms with Gasteiger partial charge in [0.25, 0.3) is 0 Å². The van der Waals surface area contributed by atoms with Crippen LogP contribution in [0.25, 0.3) is 0 Å². The van der Waals surface area contributed by atoms with E-state index in [1.807, 2.05) is 0 Å². The molecule has 2 N–H and O–H groups in total. The zero-order chi connectivity index (χ0) is 14.0. The summed E-state index contributed by atoms with van der Waals surface area (Å²) in [4.78, 5) is 24.2. The van der Waals surface area contributed by atoms with Gasteiger partial charge >= 0.3 is 5.97 Å². The third-order valence-electron chi connectivity index (χ3n) is 4.66. The zero-order valence-electron chi connectivity index (χ0n) is 11.5. The number of hydrogen-bond donors (Lipinski definition) is 2. The highest BCUT2D eigenvalue weighted by molar-refractivity contribution is 5.86. The van der Waals surface area contributed by atoms with Gasteiger partial charge in [0.2, 0.25) is 5.91 Å². The Labute approximate surface area is 113 Å². The molecule has 19 heavy (non-hydrogen) atoms. The minimum absolute atomic E-state index is 0.0724. The Kier molecular flexibility index (Phi) is 4.13. The molecule has 1 aliphatic carbocycles. The van der Waals surface area contributed by atoms with Gasteiger partial charge in [-0.3, -0.25) is 9.59 Å². The molecule has 0 aromatic rings. The summed E-state index contributed by atoms with van der Waals surface area (Å²) in [6.07, 6.45) is 4.64. The molecule has 1 saturated heterocycles. The van der Waals surface area contributed by atoms with Gasteiger partial charge in [0, 0.05) is 19.5 Å². The molecular weight excluding hydrogens is 246 g/mol. The van der Waals surface area contributed by atoms with Crippen molar-refractivity contribution in [2.75, 3.05) is 13.1 Å². The van der Waals surface area contributed by atoms with Gasteiger partial charge in [-0.05, 0) is 31.6 Å². The van der Waals surface area contributed by atoms with Crippen LogP contribution in [-0.4, -0.2) is 45.7 Å². The molecule has 2 rings (SSSR count). The summed E-state index contributed by atoms with van der Waals surface area (Å²) < 4.78 is 0. The summed E-state index contributed by atoms with van der Waals surface area (Å²) in [6.45, 7) is 2.70. The van der Waals surface area contributed by atoms with E-state index in [1.165, 1.54) is 4.90 Å². The molecule has 0 radical (unpaired) electrons. The minimum atomic E-state index is -0.919. The average Bonchev–Trinajstić information content (AvgIpc) is 2.72. The highest BCUT2D eigenvalue weighted by Crippen LogP contribution is 2.35. The lowest BCUT2D eigenvalue weighted by Crippen LogP contribution is -2.46. The van der Waals surface area contributed by atoms with Gasteiger partial charge < -0.3 is 15.1 Å². The molecule has 1 amide bonds. The largest absolute Gasteiger partial charge is 0.481 e. The molecule has 0 spiro atoms. The fourth-order valence-electron chi connectivity index (χ4n) is 3.23. The van der Waals surface area contributed by atoms with E-state index in [0.717, 1.165) is 19.3 Å². The molecule has 1 atom stereocenters. The van der Waals surface area contributed by atoms with E-state index in [9.17, 15) is 14.7 Å². The maximum absolute atomic E-state index is 11.8. The van der Waals surface area contributed by atoms with Crippen molar-refractivity contribution < 1.29 is 19.8 Å². The number of aliphatic hydroxyl groups is 1. The van der Waals surface area contributed by atoms with Crippen LogP contribution in [0.15, 0.2) is 0 Å². The molecule has 1 saturated carbocycles. The molecule has 108 valence electrons. The third-order valence-corrected chi connectivity index (χ3v) is 4.66. The van der Waals surface area contributed by atoms with Crippen LogP contribution in [0.5, 0.6) is 0 Å². The predicted octanol–water partition coefficient (Wildman–Crippen LogP) is 1.25. The van der Waals surface area contributed by atoms with Gasteiger partial charge in [0.05, 0.1) is 11.5 Å². The van der Waals surface area contributed by atoms with E-state index in [1.54, 1.807) is 0 Å². The highest BCUT2D eigenvalue weighted by Gasteiger charge is 2.40. The van der Waals surface area contributed by atoms with Gasteiger partial charge in [-0.15, -0.1) is 0 Å². The Morgan fingerprint density at radius 1 is 1.42 bits per heavy atom. The van der Waals surface area contributed by atoms with Crippen LogP contribution >= 0.6 is 0 Å². The minimum Gasteiger partial charge on any atom is -0.481 e. The molecule has 5 heteroatoms. The van der Waals surface area contributed by atoms with Crippen LogP contribution in [0.3, 0.4) is 0 Å². The second kappa shape index (κ2) is 5.49. The lowest BCUT2D eigenvalue weighted by Gasteiger charge is -2.38. The number of rotatable bonds is 4. The first-order chi connectivity index (χ1) is 8.93. The van der Waals surface area contributed by atoms with Gasteiger partial charge in [0.15, 0.2) is 0 Å². The van der Waals surface area contributed by atoms with Crippen molar-refractivity contribution in [3.63, 3.8) is 0 Å². The number of β-amino-alcohol motifs (C(OH)–C–C–N with tert-alkyl or cyclic N) is 1. The van der Waals surface area contributed by atoms with Crippen LogP contribution in [0.1, 0.15) is 45.4 Å². The first-order valence-electron chi connectivity index (χ1n) is 7.16. The molecule has 1 aliphatic heterocycles. The van der Waals surface area contributed by atoms with E-state index >= 15 is 0 Å². The first kappa shape index (κ1) is 14.3. The molecule has 0 aromatic carbocycles. The Hall–Kier alpha value is -1.10. The molecule has 1 unspecified atom stereocenters. The normalized spacial score (nSPS) is 35.7. The maximum Gasteiger partial charge on any atom is 0.308 e. The van der Waals surface area contributed by atoms with E-state index in [0.29, 0.717) is 25.3 Å². The molecule has 0 aromatic heterocycles.